The number of aromatic hydroxyl groups is 1. The summed E-state index contributed by atoms with van der Waals surface area (Å²) < 4.78 is 5.26. The molecular weight excluding hydrogens is 242 g/mol. The summed E-state index contributed by atoms with van der Waals surface area (Å²) in [7, 11) is 0. The summed E-state index contributed by atoms with van der Waals surface area (Å²) in [6.45, 7) is 5.69. The zero-order chi connectivity index (χ0) is 13.9. The van der Waals surface area contributed by atoms with Gasteiger partial charge in [0.1, 0.15) is 5.75 Å². The molecule has 0 aromatic heterocycles. The molecular formula is C15H23NO3. The Labute approximate surface area is 114 Å². The van der Waals surface area contributed by atoms with E-state index < -0.39 is 5.60 Å². The van der Waals surface area contributed by atoms with Crippen LogP contribution in [0.5, 0.6) is 5.75 Å². The molecule has 3 N–H and O–H groups in total. The Hall–Kier alpha value is -1.10. The normalized spacial score (nSPS) is 20.2. The van der Waals surface area contributed by atoms with Gasteiger partial charge in [0, 0.05) is 44.2 Å². The van der Waals surface area contributed by atoms with Crippen LogP contribution in [-0.4, -0.2) is 35.6 Å². The smallest absolute Gasteiger partial charge is 0.120 e. The lowest BCUT2D eigenvalue weighted by molar-refractivity contribution is -0.0626. The third kappa shape index (κ3) is 3.69. The lowest BCUT2D eigenvalue weighted by Crippen LogP contribution is -2.45. The number of phenolic OH excluding ortho intramolecular Hbond substituents is 1. The molecule has 2 rings (SSSR count). The minimum atomic E-state index is -0.688. The minimum Gasteiger partial charge on any atom is -0.508 e. The molecule has 0 amide bonds. The maximum absolute atomic E-state index is 10.4. The first-order chi connectivity index (χ1) is 9.00. The molecule has 1 heterocycles. The maximum Gasteiger partial charge on any atom is 0.120 e. The van der Waals surface area contributed by atoms with Crippen molar-refractivity contribution in [1.82, 2.24) is 5.32 Å². The molecule has 4 nitrogen and oxygen atoms in total. The van der Waals surface area contributed by atoms with E-state index >= 15 is 0 Å². The summed E-state index contributed by atoms with van der Waals surface area (Å²) in [6, 6.07) is 5.68. The number of rotatable bonds is 4. The van der Waals surface area contributed by atoms with Gasteiger partial charge in [0.15, 0.2) is 0 Å². The average molecular weight is 265 g/mol. The van der Waals surface area contributed by atoms with Crippen molar-refractivity contribution in [1.29, 1.82) is 0 Å². The topological polar surface area (TPSA) is 61.7 Å². The number of aryl methyl sites for hydroxylation is 1. The molecule has 1 aromatic rings. The summed E-state index contributed by atoms with van der Waals surface area (Å²) >= 11 is 0. The first-order valence-corrected chi connectivity index (χ1v) is 6.83. The summed E-state index contributed by atoms with van der Waals surface area (Å²) in [5.41, 5.74) is 1.21. The lowest BCUT2D eigenvalue weighted by atomic mass is 9.93. The quantitative estimate of drug-likeness (QED) is 0.778. The fraction of sp³-hybridized carbons (Fsp3) is 0.600. The van der Waals surface area contributed by atoms with Gasteiger partial charge < -0.3 is 20.3 Å². The third-order valence-corrected chi connectivity index (χ3v) is 3.81. The highest BCUT2D eigenvalue weighted by Crippen LogP contribution is 2.26. The molecule has 1 atom stereocenters. The summed E-state index contributed by atoms with van der Waals surface area (Å²) in [6.07, 6.45) is 1.32. The minimum absolute atomic E-state index is 0.00692. The van der Waals surface area contributed by atoms with E-state index in [2.05, 4.69) is 5.32 Å². The van der Waals surface area contributed by atoms with Gasteiger partial charge in [-0.2, -0.15) is 0 Å². The molecule has 1 fully saturated rings. The van der Waals surface area contributed by atoms with E-state index in [1.54, 1.807) is 6.07 Å². The second-order valence-corrected chi connectivity index (χ2v) is 5.50. The third-order valence-electron chi connectivity index (χ3n) is 3.81. The Kier molecular flexibility index (Phi) is 4.45. The van der Waals surface area contributed by atoms with Crippen LogP contribution in [0.1, 0.15) is 36.9 Å². The van der Waals surface area contributed by atoms with Crippen molar-refractivity contribution in [2.45, 2.75) is 38.3 Å². The van der Waals surface area contributed by atoms with Gasteiger partial charge in [-0.1, -0.05) is 12.1 Å². The molecule has 0 aliphatic carbocycles. The summed E-state index contributed by atoms with van der Waals surface area (Å²) in [4.78, 5) is 0. The van der Waals surface area contributed by atoms with Crippen LogP contribution in [0.3, 0.4) is 0 Å². The first-order valence-electron chi connectivity index (χ1n) is 6.83. The zero-order valence-corrected chi connectivity index (χ0v) is 11.6. The van der Waals surface area contributed by atoms with Gasteiger partial charge in [0.05, 0.1) is 5.60 Å². The van der Waals surface area contributed by atoms with Crippen LogP contribution in [0.25, 0.3) is 0 Å². The molecule has 106 valence electrons. The van der Waals surface area contributed by atoms with Gasteiger partial charge in [-0.25, -0.2) is 0 Å². The molecule has 0 saturated carbocycles. The molecule has 1 saturated heterocycles. The summed E-state index contributed by atoms with van der Waals surface area (Å²) in [5, 5.41) is 23.6. The van der Waals surface area contributed by atoms with Gasteiger partial charge >= 0.3 is 0 Å². The van der Waals surface area contributed by atoms with Crippen LogP contribution in [0.4, 0.5) is 0 Å². The second kappa shape index (κ2) is 5.90. The lowest BCUT2D eigenvalue weighted by Gasteiger charge is -2.33. The molecule has 4 heteroatoms. The Morgan fingerprint density at radius 1 is 1.37 bits per heavy atom. The number of benzene rings is 1. The molecule has 1 aromatic carbocycles. The van der Waals surface area contributed by atoms with Crippen molar-refractivity contribution in [2.24, 2.45) is 0 Å². The number of nitrogens with one attached hydrogen (secondary N) is 1. The van der Waals surface area contributed by atoms with Crippen LogP contribution < -0.4 is 5.32 Å². The van der Waals surface area contributed by atoms with Crippen molar-refractivity contribution in [3.63, 3.8) is 0 Å². The van der Waals surface area contributed by atoms with Crippen LogP contribution in [0.15, 0.2) is 18.2 Å². The molecule has 1 aliphatic heterocycles. The van der Waals surface area contributed by atoms with E-state index in [4.69, 9.17) is 4.74 Å². The van der Waals surface area contributed by atoms with Gasteiger partial charge in [-0.05, 0) is 25.5 Å². The van der Waals surface area contributed by atoms with E-state index in [-0.39, 0.29) is 6.04 Å². The number of hydrogen-bond acceptors (Lipinski definition) is 4. The van der Waals surface area contributed by atoms with Crippen molar-refractivity contribution < 1.29 is 14.9 Å². The molecule has 0 bridgehead atoms. The molecule has 1 aliphatic rings. The number of aliphatic hydroxyl groups is 1. The Morgan fingerprint density at radius 3 is 2.68 bits per heavy atom. The van der Waals surface area contributed by atoms with E-state index in [0.717, 1.165) is 11.1 Å². The van der Waals surface area contributed by atoms with E-state index in [9.17, 15) is 10.2 Å². The van der Waals surface area contributed by atoms with Crippen molar-refractivity contribution in [2.75, 3.05) is 19.8 Å². The number of hydrogen-bond donors (Lipinski definition) is 3. The standard InChI is InChI=1S/C15H23NO3/c1-11-3-4-13(14(17)9-11)12(2)16-10-15(18)5-7-19-8-6-15/h3-4,9,12,16-18H,5-8,10H2,1-2H3. The predicted octanol–water partition coefficient (Wildman–Crippen LogP) is 1.89. The SMILES string of the molecule is Cc1ccc(C(C)NCC2(O)CCOCC2)c(O)c1. The van der Waals surface area contributed by atoms with Gasteiger partial charge in [0.2, 0.25) is 0 Å². The number of phenols is 1. The molecule has 19 heavy (non-hydrogen) atoms. The Bertz CT molecular complexity index is 427. The van der Waals surface area contributed by atoms with Crippen LogP contribution in [0.2, 0.25) is 0 Å². The van der Waals surface area contributed by atoms with E-state index in [1.165, 1.54) is 0 Å². The van der Waals surface area contributed by atoms with Gasteiger partial charge in [0.25, 0.3) is 0 Å². The Morgan fingerprint density at radius 2 is 2.05 bits per heavy atom. The second-order valence-electron chi connectivity index (χ2n) is 5.50. The largest absolute Gasteiger partial charge is 0.508 e. The number of ether oxygens (including phenoxy) is 1. The fourth-order valence-corrected chi connectivity index (χ4v) is 2.40. The van der Waals surface area contributed by atoms with E-state index in [1.807, 2.05) is 26.0 Å². The van der Waals surface area contributed by atoms with Crippen molar-refractivity contribution in [3.8, 4) is 5.75 Å². The maximum atomic E-state index is 10.4. The van der Waals surface area contributed by atoms with Crippen LogP contribution in [-0.2, 0) is 4.74 Å². The summed E-state index contributed by atoms with van der Waals surface area (Å²) in [5.74, 6) is 0.305. The average Bonchev–Trinajstić information content (AvgIpc) is 2.37. The van der Waals surface area contributed by atoms with Crippen molar-refractivity contribution in [3.05, 3.63) is 29.3 Å². The van der Waals surface area contributed by atoms with Crippen LogP contribution in [0, 0.1) is 6.92 Å². The highest BCUT2D eigenvalue weighted by molar-refractivity contribution is 5.37. The zero-order valence-electron chi connectivity index (χ0n) is 11.6. The van der Waals surface area contributed by atoms with Crippen molar-refractivity contribution >= 4 is 0 Å². The highest BCUT2D eigenvalue weighted by atomic mass is 16.5. The monoisotopic (exact) mass is 265 g/mol. The van der Waals surface area contributed by atoms with Gasteiger partial charge in [-0.3, -0.25) is 0 Å². The predicted molar refractivity (Wildman–Crippen MR) is 74.3 cm³/mol. The molecule has 0 radical (unpaired) electrons. The molecule has 1 unspecified atom stereocenters. The Balaban J connectivity index is 1.95. The first kappa shape index (κ1) is 14.3. The van der Waals surface area contributed by atoms with Gasteiger partial charge in [-0.15, -0.1) is 0 Å². The molecule has 0 spiro atoms. The van der Waals surface area contributed by atoms with Crippen LogP contribution >= 0.6 is 0 Å². The fourth-order valence-electron chi connectivity index (χ4n) is 2.40. The van der Waals surface area contributed by atoms with E-state index in [0.29, 0.717) is 38.3 Å². The highest BCUT2D eigenvalue weighted by Gasteiger charge is 2.30.